The van der Waals surface area contributed by atoms with Crippen LogP contribution in [0.2, 0.25) is 0 Å². The largest absolute Gasteiger partial charge is 0.472 e. The molecule has 0 aliphatic carbocycles. The Kier molecular flexibility index (Phi) is 19.1. The second-order valence-electron chi connectivity index (χ2n) is 8.95. The first-order valence-electron chi connectivity index (χ1n) is 11.8. The summed E-state index contributed by atoms with van der Waals surface area (Å²) in [7, 11) is 1.99. The molecule has 0 bridgehead atoms. The molecule has 6 nitrogen and oxygen atoms in total. The highest BCUT2D eigenvalue weighted by atomic mass is 32.2. The maximum Gasteiger partial charge on any atom is 0.472 e. The summed E-state index contributed by atoms with van der Waals surface area (Å²) in [5.74, 6) is 1.86. The second kappa shape index (κ2) is 18.9. The van der Waals surface area contributed by atoms with Gasteiger partial charge in [-0.1, -0.05) is 64.7 Å². The minimum Gasteiger partial charge on any atom is -0.375 e. The van der Waals surface area contributed by atoms with Gasteiger partial charge in [-0.15, -0.1) is 0 Å². The van der Waals surface area contributed by atoms with Gasteiger partial charge in [0.15, 0.2) is 0 Å². The zero-order chi connectivity index (χ0) is 22.7. The molecule has 30 heavy (non-hydrogen) atoms. The van der Waals surface area contributed by atoms with Gasteiger partial charge in [-0.05, 0) is 19.1 Å². The lowest BCUT2D eigenvalue weighted by Crippen LogP contribution is -2.37. The smallest absolute Gasteiger partial charge is 0.375 e. The van der Waals surface area contributed by atoms with Crippen molar-refractivity contribution in [2.75, 3.05) is 59.0 Å². The topological polar surface area (TPSA) is 65.0 Å². The van der Waals surface area contributed by atoms with Gasteiger partial charge in [0.25, 0.3) is 0 Å². The van der Waals surface area contributed by atoms with E-state index in [-0.39, 0.29) is 19.3 Å². The van der Waals surface area contributed by atoms with Crippen molar-refractivity contribution in [1.29, 1.82) is 0 Å². The number of thioether (sulfide) groups is 1. The molecule has 182 valence electrons. The molecule has 2 atom stereocenters. The lowest BCUT2D eigenvalue weighted by molar-refractivity contribution is -0.870. The maximum absolute atomic E-state index is 12.0. The average Bonchev–Trinajstić information content (AvgIpc) is 2.65. The number of hydrogen-bond donors (Lipinski definition) is 1. The highest BCUT2D eigenvalue weighted by molar-refractivity contribution is 7.99. The fourth-order valence-electron chi connectivity index (χ4n) is 2.93. The van der Waals surface area contributed by atoms with Gasteiger partial charge in [0.2, 0.25) is 0 Å². The van der Waals surface area contributed by atoms with Crippen molar-refractivity contribution >= 4 is 19.6 Å². The first-order valence-corrected chi connectivity index (χ1v) is 14.5. The Bertz CT molecular complexity index is 434. The lowest BCUT2D eigenvalue weighted by Gasteiger charge is -2.24. The van der Waals surface area contributed by atoms with Crippen LogP contribution in [0.15, 0.2) is 0 Å². The highest BCUT2D eigenvalue weighted by Crippen LogP contribution is 2.43. The molecule has 0 spiro atoms. The third-order valence-electron chi connectivity index (χ3n) is 4.79. The molecule has 0 radical (unpaired) electrons. The first kappa shape index (κ1) is 30.4. The predicted octanol–water partition coefficient (Wildman–Crippen LogP) is 5.89. The van der Waals surface area contributed by atoms with Gasteiger partial charge in [-0.2, -0.15) is 11.8 Å². The third kappa shape index (κ3) is 21.6. The minimum atomic E-state index is -4.03. The molecule has 0 aliphatic rings. The standard InChI is InChI=1S/C22H48NO5PS/c1-6-8-9-10-11-12-13-14-15-16-19-30-21-22(26-7-2)20-28-29(24,25)27-18-17-23(3,4)5/h22H,6-21H2,1-5H3/p+1. The number of ether oxygens (including phenoxy) is 1. The highest BCUT2D eigenvalue weighted by Gasteiger charge is 2.24. The normalized spacial score (nSPS) is 15.3. The van der Waals surface area contributed by atoms with Gasteiger partial charge in [0.05, 0.1) is 33.9 Å². The van der Waals surface area contributed by atoms with E-state index in [1.807, 2.05) is 39.8 Å². The van der Waals surface area contributed by atoms with E-state index in [0.717, 1.165) is 11.5 Å². The van der Waals surface area contributed by atoms with Crippen molar-refractivity contribution in [2.24, 2.45) is 0 Å². The minimum absolute atomic E-state index is 0.0804. The van der Waals surface area contributed by atoms with Crippen LogP contribution in [0, 0.1) is 0 Å². The monoisotopic (exact) mass is 470 g/mol. The summed E-state index contributed by atoms with van der Waals surface area (Å²) in [6, 6.07) is 0. The van der Waals surface area contributed by atoms with E-state index in [1.54, 1.807) is 0 Å². The molecule has 2 unspecified atom stereocenters. The van der Waals surface area contributed by atoms with Crippen molar-refractivity contribution < 1.29 is 27.7 Å². The summed E-state index contributed by atoms with van der Waals surface area (Å²) < 4.78 is 28.6. The Morgan fingerprint density at radius 1 is 0.900 bits per heavy atom. The van der Waals surface area contributed by atoms with E-state index in [0.29, 0.717) is 17.6 Å². The van der Waals surface area contributed by atoms with Crippen LogP contribution in [0.3, 0.4) is 0 Å². The molecule has 0 rings (SSSR count). The van der Waals surface area contributed by atoms with Crippen molar-refractivity contribution in [3.63, 3.8) is 0 Å². The van der Waals surface area contributed by atoms with Crippen LogP contribution >= 0.6 is 19.6 Å². The van der Waals surface area contributed by atoms with Crippen molar-refractivity contribution in [1.82, 2.24) is 0 Å². The van der Waals surface area contributed by atoms with Crippen molar-refractivity contribution in [3.05, 3.63) is 0 Å². The molecule has 0 aromatic rings. The summed E-state index contributed by atoms with van der Waals surface area (Å²) in [4.78, 5) is 9.84. The Labute approximate surface area is 190 Å². The zero-order valence-electron chi connectivity index (χ0n) is 20.3. The van der Waals surface area contributed by atoms with Gasteiger partial charge in [0, 0.05) is 12.4 Å². The molecular formula is C22H49NO5PS+. The van der Waals surface area contributed by atoms with E-state index in [9.17, 15) is 9.46 Å². The van der Waals surface area contributed by atoms with Gasteiger partial charge >= 0.3 is 7.82 Å². The SMILES string of the molecule is CCCCCCCCCCCCSCC(COP(=O)(O)OCC[N+](C)(C)C)OCC. The van der Waals surface area contributed by atoms with Crippen molar-refractivity contribution in [3.8, 4) is 0 Å². The molecule has 0 fully saturated rings. The van der Waals surface area contributed by atoms with Gasteiger partial charge in [-0.25, -0.2) is 4.57 Å². The van der Waals surface area contributed by atoms with E-state index in [4.69, 9.17) is 13.8 Å². The van der Waals surface area contributed by atoms with E-state index >= 15 is 0 Å². The van der Waals surface area contributed by atoms with Crippen LogP contribution in [-0.2, 0) is 18.3 Å². The fraction of sp³-hybridized carbons (Fsp3) is 1.00. The number of phosphoric ester groups is 1. The van der Waals surface area contributed by atoms with Crippen LogP contribution in [-0.4, -0.2) is 74.5 Å². The van der Waals surface area contributed by atoms with Gasteiger partial charge in [-0.3, -0.25) is 9.05 Å². The average molecular weight is 471 g/mol. The number of likely N-dealkylation sites (N-methyl/N-ethyl adjacent to an activating group) is 1. The summed E-state index contributed by atoms with van der Waals surface area (Å²) in [5.41, 5.74) is 0. The van der Waals surface area contributed by atoms with Crippen LogP contribution in [0.4, 0.5) is 0 Å². The molecule has 0 aromatic heterocycles. The van der Waals surface area contributed by atoms with E-state index in [1.165, 1.54) is 64.2 Å². The molecule has 0 aliphatic heterocycles. The molecular weight excluding hydrogens is 421 g/mol. The first-order chi connectivity index (χ1) is 14.2. The molecule has 0 amide bonds. The Hall–Kier alpha value is 0.380. The van der Waals surface area contributed by atoms with E-state index < -0.39 is 7.82 Å². The summed E-state index contributed by atoms with van der Waals surface area (Å²) in [5, 5.41) is 0. The zero-order valence-corrected chi connectivity index (χ0v) is 22.0. The van der Waals surface area contributed by atoms with Crippen LogP contribution < -0.4 is 0 Å². The Morgan fingerprint density at radius 2 is 1.47 bits per heavy atom. The molecule has 0 saturated heterocycles. The van der Waals surface area contributed by atoms with Crippen molar-refractivity contribution in [2.45, 2.75) is 84.2 Å². The quantitative estimate of drug-likeness (QED) is 0.121. The van der Waals surface area contributed by atoms with Gasteiger partial charge in [0.1, 0.15) is 13.2 Å². The lowest BCUT2D eigenvalue weighted by atomic mass is 10.1. The summed E-state index contributed by atoms with van der Waals surface area (Å²) in [6.45, 7) is 5.65. The fourth-order valence-corrected chi connectivity index (χ4v) is 4.70. The molecule has 0 aromatic carbocycles. The van der Waals surface area contributed by atoms with E-state index in [2.05, 4.69) is 6.92 Å². The number of phosphoric acid groups is 1. The number of quaternary nitrogens is 1. The summed E-state index contributed by atoms with van der Waals surface area (Å²) >= 11 is 1.83. The number of hydrogen-bond acceptors (Lipinski definition) is 5. The maximum atomic E-state index is 12.0. The molecule has 8 heteroatoms. The third-order valence-corrected chi connectivity index (χ3v) is 6.96. The summed E-state index contributed by atoms with van der Waals surface area (Å²) in [6.07, 6.45) is 13.2. The van der Waals surface area contributed by atoms with Crippen LogP contribution in [0.5, 0.6) is 0 Å². The Morgan fingerprint density at radius 3 is 2.00 bits per heavy atom. The number of nitrogens with zero attached hydrogens (tertiary/aromatic N) is 1. The number of unbranched alkanes of at least 4 members (excludes halogenated alkanes) is 9. The molecule has 1 N–H and O–H groups in total. The number of rotatable bonds is 22. The molecule has 0 heterocycles. The van der Waals surface area contributed by atoms with Gasteiger partial charge < -0.3 is 14.1 Å². The predicted molar refractivity (Wildman–Crippen MR) is 129 cm³/mol. The Balaban J connectivity index is 3.78. The van der Waals surface area contributed by atoms with Crippen LogP contribution in [0.25, 0.3) is 0 Å². The second-order valence-corrected chi connectivity index (χ2v) is 11.5. The molecule has 0 saturated carbocycles. The van der Waals surface area contributed by atoms with Crippen LogP contribution in [0.1, 0.15) is 78.1 Å².